The number of nitrogens with one attached hydrogen (secondary N) is 1. The first-order chi connectivity index (χ1) is 6.96. The third-order valence-electron chi connectivity index (χ3n) is 3.03. The fourth-order valence-electron chi connectivity index (χ4n) is 1.59. The molecule has 2 aliphatic rings. The van der Waals surface area contributed by atoms with Crippen LogP contribution >= 0.6 is 23.2 Å². The number of hydrogen-bond donors (Lipinski definition) is 1. The van der Waals surface area contributed by atoms with E-state index in [1.807, 2.05) is 5.01 Å². The quantitative estimate of drug-likeness (QED) is 0.744. The second-order valence-corrected chi connectivity index (χ2v) is 5.74. The first kappa shape index (κ1) is 11.5. The van der Waals surface area contributed by atoms with Crippen molar-refractivity contribution in [1.29, 1.82) is 0 Å². The molecule has 0 spiro atoms. The lowest BCUT2D eigenvalue weighted by atomic mass is 10.1. The van der Waals surface area contributed by atoms with Crippen LogP contribution in [0, 0.1) is 5.41 Å². The topological polar surface area (TPSA) is 41.6 Å². The number of carbonyl (C=O) groups is 1. The molecule has 1 aliphatic carbocycles. The van der Waals surface area contributed by atoms with E-state index < -0.39 is 9.75 Å². The molecule has 0 aromatic rings. The van der Waals surface area contributed by atoms with Crippen molar-refractivity contribution in [1.82, 2.24) is 10.4 Å². The first-order valence-corrected chi connectivity index (χ1v) is 5.73. The monoisotopic (exact) mass is 252 g/mol. The van der Waals surface area contributed by atoms with Crippen molar-refractivity contribution in [3.05, 3.63) is 0 Å². The summed E-state index contributed by atoms with van der Waals surface area (Å²) in [6, 6.07) is 0. The molecule has 2 fully saturated rings. The summed E-state index contributed by atoms with van der Waals surface area (Å²) < 4.78 is 4.28. The molecule has 1 atom stereocenters. The van der Waals surface area contributed by atoms with Crippen molar-refractivity contribution in [2.24, 2.45) is 5.41 Å². The number of amides is 1. The van der Waals surface area contributed by atoms with E-state index in [2.05, 4.69) is 5.43 Å². The number of ether oxygens (including phenoxy) is 1. The molecule has 2 rings (SSSR count). The number of rotatable bonds is 2. The Morgan fingerprint density at radius 2 is 1.93 bits per heavy atom. The highest BCUT2D eigenvalue weighted by molar-refractivity contribution is 6.53. The highest BCUT2D eigenvalue weighted by Gasteiger charge is 2.68. The second-order valence-electron chi connectivity index (χ2n) is 4.25. The Morgan fingerprint density at radius 3 is 2.40 bits per heavy atom. The Balaban J connectivity index is 1.87. The Morgan fingerprint density at radius 1 is 1.40 bits per heavy atom. The Kier molecular flexibility index (Phi) is 2.88. The van der Waals surface area contributed by atoms with Gasteiger partial charge in [0.2, 0.25) is 5.91 Å². The van der Waals surface area contributed by atoms with E-state index in [9.17, 15) is 4.79 Å². The van der Waals surface area contributed by atoms with Gasteiger partial charge in [-0.2, -0.15) is 0 Å². The average molecular weight is 253 g/mol. The highest BCUT2D eigenvalue weighted by atomic mass is 35.5. The fraction of sp³-hybridized carbons (Fsp3) is 0.889. The molecule has 15 heavy (non-hydrogen) atoms. The minimum atomic E-state index is -0.899. The number of carbonyl (C=O) groups excluding carboxylic acids is 1. The minimum absolute atomic E-state index is 0.102. The summed E-state index contributed by atoms with van der Waals surface area (Å²) in [5.74, 6) is -0.102. The zero-order valence-corrected chi connectivity index (χ0v) is 10.1. The van der Waals surface area contributed by atoms with Crippen molar-refractivity contribution in [3.8, 4) is 0 Å². The van der Waals surface area contributed by atoms with Gasteiger partial charge in [-0.25, -0.2) is 5.01 Å². The van der Waals surface area contributed by atoms with E-state index in [1.54, 1.807) is 6.92 Å². The molecule has 1 N–H and O–H groups in total. The van der Waals surface area contributed by atoms with Crippen LogP contribution in [0.5, 0.6) is 0 Å². The van der Waals surface area contributed by atoms with Crippen molar-refractivity contribution in [2.75, 3.05) is 26.3 Å². The van der Waals surface area contributed by atoms with E-state index >= 15 is 0 Å². The van der Waals surface area contributed by atoms with Crippen molar-refractivity contribution < 1.29 is 9.53 Å². The fourth-order valence-corrected chi connectivity index (χ4v) is 2.29. The molecule has 4 nitrogen and oxygen atoms in total. The highest BCUT2D eigenvalue weighted by Crippen LogP contribution is 2.63. The maximum absolute atomic E-state index is 11.8. The predicted octanol–water partition coefficient (Wildman–Crippen LogP) is 0.934. The minimum Gasteiger partial charge on any atom is -0.379 e. The van der Waals surface area contributed by atoms with Crippen molar-refractivity contribution in [3.63, 3.8) is 0 Å². The van der Waals surface area contributed by atoms with E-state index in [0.29, 0.717) is 32.7 Å². The molecule has 0 aromatic carbocycles. The van der Waals surface area contributed by atoms with Crippen LogP contribution in [-0.4, -0.2) is 41.6 Å². The Bertz CT molecular complexity index is 279. The van der Waals surface area contributed by atoms with Crippen LogP contribution in [0.3, 0.4) is 0 Å². The molecule has 0 aromatic heterocycles. The smallest absolute Gasteiger partial charge is 0.243 e. The number of hydrazine groups is 1. The largest absolute Gasteiger partial charge is 0.379 e. The molecule has 0 radical (unpaired) electrons. The molecular weight excluding hydrogens is 239 g/mol. The van der Waals surface area contributed by atoms with Gasteiger partial charge in [0.15, 0.2) is 0 Å². The van der Waals surface area contributed by atoms with Gasteiger partial charge >= 0.3 is 0 Å². The number of hydrogen-bond acceptors (Lipinski definition) is 3. The van der Waals surface area contributed by atoms with Crippen LogP contribution in [0.15, 0.2) is 0 Å². The van der Waals surface area contributed by atoms with Crippen LogP contribution in [0.25, 0.3) is 0 Å². The molecule has 86 valence electrons. The number of nitrogens with zero attached hydrogens (tertiary/aromatic N) is 1. The lowest BCUT2D eigenvalue weighted by molar-refractivity contribution is -0.132. The van der Waals surface area contributed by atoms with Crippen molar-refractivity contribution >= 4 is 29.1 Å². The third kappa shape index (κ3) is 2.09. The zero-order valence-electron chi connectivity index (χ0n) is 8.56. The lowest BCUT2D eigenvalue weighted by Gasteiger charge is -2.28. The van der Waals surface area contributed by atoms with Crippen molar-refractivity contribution in [2.45, 2.75) is 17.7 Å². The van der Waals surface area contributed by atoms with Gasteiger partial charge in [0.05, 0.1) is 18.6 Å². The summed E-state index contributed by atoms with van der Waals surface area (Å²) in [6.45, 7) is 4.48. The molecule has 1 aliphatic heterocycles. The van der Waals surface area contributed by atoms with Crippen LogP contribution < -0.4 is 5.43 Å². The van der Waals surface area contributed by atoms with Gasteiger partial charge in [0.25, 0.3) is 0 Å². The number of halogens is 2. The second kappa shape index (κ2) is 3.77. The Labute approximate surface area is 98.8 Å². The molecular formula is C9H14Cl2N2O2. The molecule has 0 bridgehead atoms. The Hall–Kier alpha value is -0.0300. The molecule has 0 unspecified atom stereocenters. The zero-order chi connectivity index (χ0) is 11.1. The van der Waals surface area contributed by atoms with Gasteiger partial charge < -0.3 is 4.74 Å². The van der Waals surface area contributed by atoms with Gasteiger partial charge in [0, 0.05) is 13.1 Å². The third-order valence-corrected chi connectivity index (χ3v) is 4.13. The summed E-state index contributed by atoms with van der Waals surface area (Å²) in [7, 11) is 0. The SMILES string of the molecule is C[C@]1(C(=O)NN2CCOCC2)CC1(Cl)Cl. The average Bonchev–Trinajstić information content (AvgIpc) is 2.69. The maximum Gasteiger partial charge on any atom is 0.243 e. The van der Waals surface area contributed by atoms with Gasteiger partial charge in [-0.05, 0) is 13.3 Å². The van der Waals surface area contributed by atoms with E-state index in [-0.39, 0.29) is 5.91 Å². The molecule has 1 amide bonds. The summed E-state index contributed by atoms with van der Waals surface area (Å²) in [5.41, 5.74) is 2.18. The van der Waals surface area contributed by atoms with E-state index in [1.165, 1.54) is 0 Å². The predicted molar refractivity (Wildman–Crippen MR) is 57.7 cm³/mol. The lowest BCUT2D eigenvalue weighted by Crippen LogP contribution is -2.50. The van der Waals surface area contributed by atoms with Gasteiger partial charge in [-0.1, -0.05) is 0 Å². The standard InChI is InChI=1S/C9H14Cl2N2O2/c1-8(6-9(8,10)11)7(14)12-13-2-4-15-5-3-13/h2-6H2,1H3,(H,12,14)/t8-/m1/s1. The number of morpholine rings is 1. The maximum atomic E-state index is 11.8. The summed E-state index contributed by atoms with van der Waals surface area (Å²) in [6.07, 6.45) is 0.513. The van der Waals surface area contributed by atoms with Crippen LogP contribution in [0.1, 0.15) is 13.3 Å². The normalized spacial score (nSPS) is 34.9. The molecule has 6 heteroatoms. The summed E-state index contributed by atoms with van der Waals surface area (Å²) in [4.78, 5) is 11.8. The molecule has 1 saturated carbocycles. The van der Waals surface area contributed by atoms with Crippen LogP contribution in [0.4, 0.5) is 0 Å². The number of alkyl halides is 2. The summed E-state index contributed by atoms with van der Waals surface area (Å²) >= 11 is 11.8. The summed E-state index contributed by atoms with van der Waals surface area (Å²) in [5, 5.41) is 1.85. The molecule has 1 heterocycles. The molecule has 1 saturated heterocycles. The van der Waals surface area contributed by atoms with Gasteiger partial charge in [-0.3, -0.25) is 10.2 Å². The van der Waals surface area contributed by atoms with E-state index in [0.717, 1.165) is 0 Å². The van der Waals surface area contributed by atoms with Crippen LogP contribution in [-0.2, 0) is 9.53 Å². The van der Waals surface area contributed by atoms with Crippen LogP contribution in [0.2, 0.25) is 0 Å². The first-order valence-electron chi connectivity index (χ1n) is 4.97. The van der Waals surface area contributed by atoms with E-state index in [4.69, 9.17) is 27.9 Å². The van der Waals surface area contributed by atoms with Gasteiger partial charge in [-0.15, -0.1) is 23.2 Å². The van der Waals surface area contributed by atoms with Gasteiger partial charge in [0.1, 0.15) is 4.33 Å².